The van der Waals surface area contributed by atoms with E-state index in [0.29, 0.717) is 19.4 Å². The molecule has 3 rings (SSSR count). The van der Waals surface area contributed by atoms with Crippen LogP contribution in [0.2, 0.25) is 0 Å². The highest BCUT2D eigenvalue weighted by atomic mass is 16.5. The van der Waals surface area contributed by atoms with Crippen LogP contribution >= 0.6 is 0 Å². The average Bonchev–Trinajstić information content (AvgIpc) is 2.91. The van der Waals surface area contributed by atoms with Crippen molar-refractivity contribution in [2.24, 2.45) is 11.3 Å². The van der Waals surface area contributed by atoms with Gasteiger partial charge in [0.2, 0.25) is 0 Å². The van der Waals surface area contributed by atoms with Crippen LogP contribution in [0.3, 0.4) is 0 Å². The van der Waals surface area contributed by atoms with Crippen LogP contribution in [-0.4, -0.2) is 57.8 Å². The van der Waals surface area contributed by atoms with Crippen LogP contribution in [0.4, 0.5) is 4.79 Å². The highest BCUT2D eigenvalue weighted by molar-refractivity contribution is 6.08. The van der Waals surface area contributed by atoms with Crippen molar-refractivity contribution >= 4 is 23.8 Å². The molecule has 4 amide bonds. The van der Waals surface area contributed by atoms with Gasteiger partial charge in [-0.2, -0.15) is 0 Å². The zero-order valence-corrected chi connectivity index (χ0v) is 21.1. The fraction of sp³-hybridized carbons (Fsp3) is 0.615. The van der Waals surface area contributed by atoms with Crippen LogP contribution < -0.4 is 5.32 Å². The van der Waals surface area contributed by atoms with Crippen molar-refractivity contribution in [1.82, 2.24) is 15.1 Å². The number of carbonyl (C=O) groups excluding carboxylic acids is 4. The molecule has 1 spiro atoms. The fourth-order valence-electron chi connectivity index (χ4n) is 5.51. The van der Waals surface area contributed by atoms with Crippen molar-refractivity contribution < 1.29 is 23.9 Å². The van der Waals surface area contributed by atoms with Gasteiger partial charge in [0.05, 0.1) is 0 Å². The quantitative estimate of drug-likeness (QED) is 0.506. The van der Waals surface area contributed by atoms with Gasteiger partial charge in [-0.25, -0.2) is 4.79 Å². The van der Waals surface area contributed by atoms with Crippen LogP contribution in [0.1, 0.15) is 66.4 Å². The fourth-order valence-corrected chi connectivity index (χ4v) is 5.51. The number of ether oxygens (including phenoxy) is 1. The van der Waals surface area contributed by atoms with E-state index in [2.05, 4.69) is 26.1 Å². The summed E-state index contributed by atoms with van der Waals surface area (Å²) < 4.78 is 5.21. The minimum atomic E-state index is -0.979. The lowest BCUT2D eigenvalue weighted by Crippen LogP contribution is -2.54. The molecule has 2 unspecified atom stereocenters. The minimum Gasteiger partial charge on any atom is -0.454 e. The van der Waals surface area contributed by atoms with Crippen molar-refractivity contribution in [3.63, 3.8) is 0 Å². The molecule has 8 nitrogen and oxygen atoms in total. The Morgan fingerprint density at radius 2 is 1.79 bits per heavy atom. The van der Waals surface area contributed by atoms with Crippen LogP contribution in [0.25, 0.3) is 0 Å². The largest absolute Gasteiger partial charge is 0.454 e. The second-order valence-corrected chi connectivity index (χ2v) is 11.6. The van der Waals surface area contributed by atoms with Gasteiger partial charge in [0.15, 0.2) is 6.61 Å². The number of amides is 4. The van der Waals surface area contributed by atoms with Crippen LogP contribution in [-0.2, 0) is 25.7 Å². The van der Waals surface area contributed by atoms with Gasteiger partial charge in [-0.15, -0.1) is 0 Å². The molecule has 1 aromatic rings. The first-order chi connectivity index (χ1) is 15.7. The number of nitrogens with one attached hydrogen (secondary N) is 1. The third-order valence-corrected chi connectivity index (χ3v) is 6.56. The molecule has 2 aliphatic rings. The summed E-state index contributed by atoms with van der Waals surface area (Å²) in [6.45, 7) is 11.4. The number of hydrogen-bond acceptors (Lipinski definition) is 5. The van der Waals surface area contributed by atoms with Gasteiger partial charge in [0, 0.05) is 12.1 Å². The molecule has 0 bridgehead atoms. The number of esters is 1. The molecule has 0 radical (unpaired) electrons. The first-order valence-electron chi connectivity index (χ1n) is 11.9. The van der Waals surface area contributed by atoms with Gasteiger partial charge in [-0.3, -0.25) is 19.3 Å². The van der Waals surface area contributed by atoms with Gasteiger partial charge in [0.25, 0.3) is 11.8 Å². The van der Waals surface area contributed by atoms with Gasteiger partial charge in [-0.1, -0.05) is 51.1 Å². The molecule has 1 N–H and O–H groups in total. The first-order valence-corrected chi connectivity index (χ1v) is 11.9. The molecule has 1 aliphatic heterocycles. The summed E-state index contributed by atoms with van der Waals surface area (Å²) in [5, 5.41) is 2.85. The third kappa shape index (κ3) is 5.77. The Kier molecular flexibility index (Phi) is 7.10. The van der Waals surface area contributed by atoms with Crippen LogP contribution in [0, 0.1) is 11.3 Å². The Hall–Kier alpha value is -2.90. The molecule has 8 heteroatoms. The highest BCUT2D eigenvalue weighted by Crippen LogP contribution is 2.46. The molecular formula is C26H37N3O5. The van der Waals surface area contributed by atoms with E-state index in [-0.39, 0.29) is 23.1 Å². The number of nitrogens with zero attached hydrogens (tertiary/aromatic N) is 2. The van der Waals surface area contributed by atoms with Crippen molar-refractivity contribution in [2.75, 3.05) is 13.2 Å². The normalized spacial score (nSPS) is 24.2. The average molecular weight is 472 g/mol. The van der Waals surface area contributed by atoms with Crippen molar-refractivity contribution in [2.45, 2.75) is 78.4 Å². The van der Waals surface area contributed by atoms with Gasteiger partial charge < -0.3 is 15.0 Å². The first kappa shape index (κ1) is 25.7. The summed E-state index contributed by atoms with van der Waals surface area (Å²) in [6, 6.07) is 8.99. The standard InChI is InChI=1S/C26H37N3O5/c1-18-12-25(5,6)17-26(13-18)22(32)28(23(33)27-26)15-21(31)34-16-20(30)29(24(2,3)4)14-19-10-8-7-9-11-19/h7-11,18H,12-17H2,1-6H3,(H,27,33). The molecule has 34 heavy (non-hydrogen) atoms. The second-order valence-electron chi connectivity index (χ2n) is 11.6. The number of hydrogen-bond donors (Lipinski definition) is 1. The summed E-state index contributed by atoms with van der Waals surface area (Å²) in [5.74, 6) is -1.25. The second kappa shape index (κ2) is 9.39. The minimum absolute atomic E-state index is 0.0985. The summed E-state index contributed by atoms with van der Waals surface area (Å²) in [4.78, 5) is 53.8. The Balaban J connectivity index is 1.61. The van der Waals surface area contributed by atoms with Crippen molar-refractivity contribution in [3.8, 4) is 0 Å². The SMILES string of the molecule is CC1CC(C)(C)CC2(C1)NC(=O)N(CC(=O)OCC(=O)N(Cc1ccccc1)C(C)(C)C)C2=O. The van der Waals surface area contributed by atoms with Gasteiger partial charge in [0.1, 0.15) is 12.1 Å². The van der Waals surface area contributed by atoms with Crippen LogP contribution in [0.15, 0.2) is 30.3 Å². The lowest BCUT2D eigenvalue weighted by molar-refractivity contribution is -0.156. The number of urea groups is 1. The molecule has 1 saturated carbocycles. The zero-order chi connectivity index (χ0) is 25.3. The lowest BCUT2D eigenvalue weighted by Gasteiger charge is -2.43. The summed E-state index contributed by atoms with van der Waals surface area (Å²) >= 11 is 0. The van der Waals surface area contributed by atoms with Gasteiger partial charge >= 0.3 is 12.0 Å². The Bertz CT molecular complexity index is 953. The van der Waals surface area contributed by atoms with E-state index in [0.717, 1.165) is 16.9 Å². The molecular weight excluding hydrogens is 434 g/mol. The monoisotopic (exact) mass is 471 g/mol. The maximum Gasteiger partial charge on any atom is 0.326 e. The Morgan fingerprint density at radius 1 is 1.15 bits per heavy atom. The number of rotatable bonds is 6. The van der Waals surface area contributed by atoms with E-state index in [1.807, 2.05) is 51.1 Å². The smallest absolute Gasteiger partial charge is 0.326 e. The maximum absolute atomic E-state index is 13.2. The molecule has 1 saturated heterocycles. The highest BCUT2D eigenvalue weighted by Gasteiger charge is 2.56. The van der Waals surface area contributed by atoms with E-state index in [9.17, 15) is 19.2 Å². The maximum atomic E-state index is 13.2. The third-order valence-electron chi connectivity index (χ3n) is 6.56. The Morgan fingerprint density at radius 3 is 2.38 bits per heavy atom. The summed E-state index contributed by atoms with van der Waals surface area (Å²) in [7, 11) is 0. The number of benzene rings is 1. The predicted molar refractivity (Wildman–Crippen MR) is 127 cm³/mol. The number of carbonyl (C=O) groups is 4. The van der Waals surface area contributed by atoms with E-state index >= 15 is 0 Å². The van der Waals surface area contributed by atoms with Crippen molar-refractivity contribution in [1.29, 1.82) is 0 Å². The lowest BCUT2D eigenvalue weighted by atomic mass is 9.64. The van der Waals surface area contributed by atoms with Gasteiger partial charge in [-0.05, 0) is 56.9 Å². The number of imide groups is 1. The molecule has 0 aromatic heterocycles. The van der Waals surface area contributed by atoms with E-state index in [1.54, 1.807) is 4.90 Å². The predicted octanol–water partition coefficient (Wildman–Crippen LogP) is 3.49. The zero-order valence-electron chi connectivity index (χ0n) is 21.1. The van der Waals surface area contributed by atoms with E-state index in [1.165, 1.54) is 0 Å². The molecule has 2 atom stereocenters. The van der Waals surface area contributed by atoms with Crippen molar-refractivity contribution in [3.05, 3.63) is 35.9 Å². The van der Waals surface area contributed by atoms with E-state index in [4.69, 9.17) is 4.74 Å². The molecule has 2 fully saturated rings. The summed E-state index contributed by atoms with van der Waals surface area (Å²) in [6.07, 6.45) is 2.04. The van der Waals surface area contributed by atoms with E-state index < -0.39 is 36.2 Å². The summed E-state index contributed by atoms with van der Waals surface area (Å²) in [5.41, 5.74) is -0.598. The molecule has 1 aliphatic carbocycles. The Labute approximate surface area is 202 Å². The molecule has 186 valence electrons. The molecule has 1 aromatic carbocycles. The molecule has 1 heterocycles. The topological polar surface area (TPSA) is 96.0 Å². The van der Waals surface area contributed by atoms with Crippen LogP contribution in [0.5, 0.6) is 0 Å².